The molecule has 0 bridgehead atoms. The zero-order valence-corrected chi connectivity index (χ0v) is 13.1. The van der Waals surface area contributed by atoms with Gasteiger partial charge in [-0.05, 0) is 20.8 Å². The lowest BCUT2D eigenvalue weighted by molar-refractivity contribution is -0.137. The van der Waals surface area contributed by atoms with E-state index in [1.54, 1.807) is 20.8 Å². The molecule has 1 saturated heterocycles. The van der Waals surface area contributed by atoms with Gasteiger partial charge in [0.2, 0.25) is 0 Å². The molecule has 1 aliphatic rings. The monoisotopic (exact) mass is 323 g/mol. The number of rotatable bonds is 4. The van der Waals surface area contributed by atoms with Crippen molar-refractivity contribution in [2.45, 2.75) is 44.9 Å². The van der Waals surface area contributed by atoms with Gasteiger partial charge in [-0.25, -0.2) is 13.2 Å². The predicted octanol–water partition coefficient (Wildman–Crippen LogP) is -0.144. The molecule has 2 N–H and O–H groups in total. The van der Waals surface area contributed by atoms with Crippen LogP contribution in [0.1, 0.15) is 27.2 Å². The second-order valence-corrected chi connectivity index (χ2v) is 8.18. The Hall–Kier alpha value is -1.35. The van der Waals surface area contributed by atoms with Gasteiger partial charge in [-0.15, -0.1) is 0 Å². The van der Waals surface area contributed by atoms with Crippen LogP contribution in [0.3, 0.4) is 0 Å². The Morgan fingerprint density at radius 2 is 1.86 bits per heavy atom. The number of carbonyl (C=O) groups excluding carboxylic acids is 1. The number of aliphatic hydroxyl groups is 1. The first-order valence-corrected chi connectivity index (χ1v) is 8.33. The van der Waals surface area contributed by atoms with Crippen LogP contribution in [-0.4, -0.2) is 71.4 Å². The molecule has 21 heavy (non-hydrogen) atoms. The topological polar surface area (TPSA) is 121 Å². The van der Waals surface area contributed by atoms with E-state index in [4.69, 9.17) is 9.84 Å². The molecule has 1 heterocycles. The van der Waals surface area contributed by atoms with E-state index in [0.29, 0.717) is 0 Å². The Balaban J connectivity index is 2.92. The lowest BCUT2D eigenvalue weighted by Crippen LogP contribution is -2.49. The number of hydrogen-bond acceptors (Lipinski definition) is 6. The van der Waals surface area contributed by atoms with E-state index in [0.717, 1.165) is 4.90 Å². The average Bonchev–Trinajstić information content (AvgIpc) is 2.49. The molecule has 0 aliphatic carbocycles. The highest BCUT2D eigenvalue weighted by atomic mass is 32.2. The highest BCUT2D eigenvalue weighted by Gasteiger charge is 2.43. The second kappa shape index (κ2) is 6.18. The third kappa shape index (κ3) is 5.50. The summed E-state index contributed by atoms with van der Waals surface area (Å²) in [5.41, 5.74) is -0.805. The van der Waals surface area contributed by atoms with Gasteiger partial charge in [0, 0.05) is 6.54 Å². The fourth-order valence-electron chi connectivity index (χ4n) is 2.04. The zero-order valence-electron chi connectivity index (χ0n) is 12.3. The van der Waals surface area contributed by atoms with Crippen molar-refractivity contribution in [3.05, 3.63) is 0 Å². The van der Waals surface area contributed by atoms with E-state index < -0.39 is 51.2 Å². The summed E-state index contributed by atoms with van der Waals surface area (Å²) in [6.45, 7) is 4.70. The van der Waals surface area contributed by atoms with Crippen molar-refractivity contribution in [1.82, 2.24) is 4.90 Å². The average molecular weight is 323 g/mol. The number of amides is 1. The molecular weight excluding hydrogens is 302 g/mol. The number of nitrogens with zero attached hydrogens (tertiary/aromatic N) is 1. The largest absolute Gasteiger partial charge is 0.481 e. The molecule has 122 valence electrons. The van der Waals surface area contributed by atoms with Gasteiger partial charge in [-0.2, -0.15) is 0 Å². The molecule has 9 heteroatoms. The van der Waals surface area contributed by atoms with Gasteiger partial charge < -0.3 is 19.8 Å². The molecule has 0 spiro atoms. The summed E-state index contributed by atoms with van der Waals surface area (Å²) in [6, 6.07) is -0.982. The van der Waals surface area contributed by atoms with E-state index in [2.05, 4.69) is 0 Å². The number of carboxylic acid groups (broad SMARTS) is 1. The van der Waals surface area contributed by atoms with E-state index in [1.165, 1.54) is 0 Å². The third-order valence-corrected chi connectivity index (χ3v) is 4.59. The summed E-state index contributed by atoms with van der Waals surface area (Å²) in [7, 11) is -3.45. The van der Waals surface area contributed by atoms with Crippen molar-refractivity contribution < 1.29 is 33.0 Å². The van der Waals surface area contributed by atoms with Gasteiger partial charge in [-0.3, -0.25) is 4.79 Å². The van der Waals surface area contributed by atoms with Crippen LogP contribution in [0, 0.1) is 0 Å². The minimum Gasteiger partial charge on any atom is -0.481 e. The maximum atomic E-state index is 12.1. The van der Waals surface area contributed by atoms with Crippen molar-refractivity contribution in [2.24, 2.45) is 0 Å². The standard InChI is InChI=1S/C12H21NO7S/c1-12(2,3)20-11(17)13(5-4-10(15)16)8-6-21(18,19)7-9(8)14/h8-9,14H,4-7H2,1-3H3,(H,15,16). The Labute approximate surface area is 123 Å². The molecule has 0 saturated carbocycles. The van der Waals surface area contributed by atoms with Gasteiger partial charge in [0.15, 0.2) is 9.84 Å². The minimum atomic E-state index is -3.45. The van der Waals surface area contributed by atoms with Crippen LogP contribution in [0.2, 0.25) is 0 Å². The fraction of sp³-hybridized carbons (Fsp3) is 0.833. The van der Waals surface area contributed by atoms with Crippen molar-refractivity contribution in [2.75, 3.05) is 18.1 Å². The molecule has 1 amide bonds. The first-order valence-electron chi connectivity index (χ1n) is 6.51. The van der Waals surface area contributed by atoms with Crippen molar-refractivity contribution in [3.8, 4) is 0 Å². The number of ether oxygens (including phenoxy) is 1. The van der Waals surface area contributed by atoms with Crippen LogP contribution in [-0.2, 0) is 19.4 Å². The predicted molar refractivity (Wildman–Crippen MR) is 73.6 cm³/mol. The van der Waals surface area contributed by atoms with E-state index in [9.17, 15) is 23.1 Å². The Morgan fingerprint density at radius 1 is 1.29 bits per heavy atom. The SMILES string of the molecule is CC(C)(C)OC(=O)N(CCC(=O)O)C1CS(=O)(=O)CC1O. The van der Waals surface area contributed by atoms with E-state index in [-0.39, 0.29) is 13.0 Å². The quantitative estimate of drug-likeness (QED) is 0.738. The summed E-state index contributed by atoms with van der Waals surface area (Å²) in [5.74, 6) is -1.96. The molecule has 0 aromatic heterocycles. The summed E-state index contributed by atoms with van der Waals surface area (Å²) >= 11 is 0. The Morgan fingerprint density at radius 3 is 2.24 bits per heavy atom. The van der Waals surface area contributed by atoms with Crippen LogP contribution in [0.4, 0.5) is 4.79 Å². The summed E-state index contributed by atoms with van der Waals surface area (Å²) in [6.07, 6.45) is -2.43. The molecule has 0 aromatic rings. The summed E-state index contributed by atoms with van der Waals surface area (Å²) in [4.78, 5) is 23.8. The maximum Gasteiger partial charge on any atom is 0.410 e. The number of sulfone groups is 1. The van der Waals surface area contributed by atoms with Crippen molar-refractivity contribution >= 4 is 21.9 Å². The molecular formula is C12H21NO7S. The highest BCUT2D eigenvalue weighted by Crippen LogP contribution is 2.21. The van der Waals surface area contributed by atoms with Gasteiger partial charge in [0.25, 0.3) is 0 Å². The molecule has 0 radical (unpaired) electrons. The number of hydrogen-bond donors (Lipinski definition) is 2. The fourth-order valence-corrected chi connectivity index (χ4v) is 3.84. The van der Waals surface area contributed by atoms with Crippen LogP contribution >= 0.6 is 0 Å². The molecule has 0 aromatic carbocycles. The summed E-state index contributed by atoms with van der Waals surface area (Å²) < 4.78 is 28.2. The third-order valence-electron chi connectivity index (χ3n) is 2.89. The van der Waals surface area contributed by atoms with E-state index in [1.807, 2.05) is 0 Å². The van der Waals surface area contributed by atoms with E-state index >= 15 is 0 Å². The van der Waals surface area contributed by atoms with Gasteiger partial charge in [0.05, 0.1) is 30.1 Å². The van der Waals surface area contributed by atoms with Crippen LogP contribution in [0.5, 0.6) is 0 Å². The highest BCUT2D eigenvalue weighted by molar-refractivity contribution is 7.91. The first-order chi connectivity index (χ1) is 9.41. The molecule has 2 unspecified atom stereocenters. The lowest BCUT2D eigenvalue weighted by Gasteiger charge is -2.32. The molecule has 1 aliphatic heterocycles. The lowest BCUT2D eigenvalue weighted by atomic mass is 10.1. The normalized spacial score (nSPS) is 24.6. The van der Waals surface area contributed by atoms with Gasteiger partial charge in [0.1, 0.15) is 5.60 Å². The molecule has 8 nitrogen and oxygen atoms in total. The number of carbonyl (C=O) groups is 2. The smallest absolute Gasteiger partial charge is 0.410 e. The van der Waals surface area contributed by atoms with Crippen LogP contribution < -0.4 is 0 Å². The second-order valence-electron chi connectivity index (χ2n) is 6.03. The number of carboxylic acids is 1. The van der Waals surface area contributed by atoms with Gasteiger partial charge >= 0.3 is 12.1 Å². The minimum absolute atomic E-state index is 0.221. The van der Waals surface area contributed by atoms with Crippen LogP contribution in [0.15, 0.2) is 0 Å². The molecule has 2 atom stereocenters. The molecule has 1 rings (SSSR count). The summed E-state index contributed by atoms with van der Waals surface area (Å²) in [5, 5.41) is 18.6. The number of aliphatic carboxylic acids is 1. The molecule has 1 fully saturated rings. The zero-order chi connectivity index (χ0) is 16.4. The van der Waals surface area contributed by atoms with Crippen molar-refractivity contribution in [1.29, 1.82) is 0 Å². The van der Waals surface area contributed by atoms with Crippen molar-refractivity contribution in [3.63, 3.8) is 0 Å². The Kier molecular flexibility index (Phi) is 5.21. The maximum absolute atomic E-state index is 12.1. The van der Waals surface area contributed by atoms with Crippen LogP contribution in [0.25, 0.3) is 0 Å². The first kappa shape index (κ1) is 17.7. The van der Waals surface area contributed by atoms with Gasteiger partial charge in [-0.1, -0.05) is 0 Å². The Bertz CT molecular complexity index is 508. The number of aliphatic hydroxyl groups excluding tert-OH is 1.